The van der Waals surface area contributed by atoms with Crippen LogP contribution >= 0.6 is 11.6 Å². The topological polar surface area (TPSA) is 85.9 Å². The van der Waals surface area contributed by atoms with E-state index >= 15 is 0 Å². The van der Waals surface area contributed by atoms with Gasteiger partial charge in [0, 0.05) is 19.7 Å². The van der Waals surface area contributed by atoms with Gasteiger partial charge in [-0.3, -0.25) is 14.8 Å². The lowest BCUT2D eigenvalue weighted by Gasteiger charge is -2.03. The van der Waals surface area contributed by atoms with Crippen molar-refractivity contribution in [3.05, 3.63) is 51.1 Å². The van der Waals surface area contributed by atoms with E-state index in [0.29, 0.717) is 18.9 Å². The lowest BCUT2D eigenvalue weighted by Crippen LogP contribution is -2.14. The van der Waals surface area contributed by atoms with E-state index in [9.17, 15) is 10.1 Å². The quantitative estimate of drug-likeness (QED) is 0.665. The van der Waals surface area contributed by atoms with Crippen LogP contribution in [-0.4, -0.2) is 19.7 Å². The first-order chi connectivity index (χ1) is 9.06. The molecule has 2 rings (SSSR count). The van der Waals surface area contributed by atoms with Gasteiger partial charge in [0.25, 0.3) is 5.69 Å². The van der Waals surface area contributed by atoms with Crippen LogP contribution in [-0.2, 0) is 20.1 Å². The van der Waals surface area contributed by atoms with Crippen LogP contribution in [0.15, 0.2) is 24.5 Å². The predicted octanol–water partition coefficient (Wildman–Crippen LogP) is 1.67. The number of nitrogens with one attached hydrogen (secondary N) is 1. The lowest BCUT2D eigenvalue weighted by molar-refractivity contribution is -0.384. The van der Waals surface area contributed by atoms with Crippen LogP contribution in [0.5, 0.6) is 0 Å². The molecule has 2 aromatic rings. The summed E-state index contributed by atoms with van der Waals surface area (Å²) in [5.74, 6) is 0.672. The molecule has 100 valence electrons. The first kappa shape index (κ1) is 13.4. The second kappa shape index (κ2) is 5.77. The molecule has 0 bridgehead atoms. The molecule has 0 spiro atoms. The maximum Gasteiger partial charge on any atom is 0.288 e. The number of hydrogen-bond acceptors (Lipinski definition) is 5. The van der Waals surface area contributed by atoms with Crippen LogP contribution in [0.25, 0.3) is 0 Å². The zero-order valence-corrected chi connectivity index (χ0v) is 11.0. The third-order valence-electron chi connectivity index (χ3n) is 2.47. The van der Waals surface area contributed by atoms with Crippen LogP contribution in [0.4, 0.5) is 5.69 Å². The highest BCUT2D eigenvalue weighted by Crippen LogP contribution is 2.24. The van der Waals surface area contributed by atoms with Crippen molar-refractivity contribution in [2.24, 2.45) is 7.05 Å². The Morgan fingerprint density at radius 2 is 2.26 bits per heavy atom. The molecule has 0 fully saturated rings. The van der Waals surface area contributed by atoms with Gasteiger partial charge in [0.05, 0.1) is 11.5 Å². The molecule has 1 heterocycles. The number of hydrogen-bond donors (Lipinski definition) is 1. The molecule has 0 radical (unpaired) electrons. The molecule has 0 aliphatic rings. The molecule has 1 aromatic heterocycles. The van der Waals surface area contributed by atoms with Crippen LogP contribution in [0.1, 0.15) is 11.4 Å². The summed E-state index contributed by atoms with van der Waals surface area (Å²) in [5, 5.41) is 18.1. The van der Waals surface area contributed by atoms with Crippen molar-refractivity contribution in [1.82, 2.24) is 20.1 Å². The molecule has 0 aliphatic carbocycles. The Morgan fingerprint density at radius 1 is 1.47 bits per heavy atom. The summed E-state index contributed by atoms with van der Waals surface area (Å²) >= 11 is 5.74. The zero-order chi connectivity index (χ0) is 13.8. The molecule has 0 saturated carbocycles. The van der Waals surface area contributed by atoms with Crippen LogP contribution < -0.4 is 5.32 Å². The van der Waals surface area contributed by atoms with Gasteiger partial charge in [-0.05, 0) is 11.6 Å². The zero-order valence-electron chi connectivity index (χ0n) is 10.2. The molecular weight excluding hydrogens is 270 g/mol. The standard InChI is InChI=1S/C11H12ClN5O2/c1-16-7-14-11(15-16)6-13-5-8-2-3-9(12)10(4-8)17(18)19/h2-4,7,13H,5-6H2,1H3. The summed E-state index contributed by atoms with van der Waals surface area (Å²) in [6, 6.07) is 4.73. The molecule has 7 nitrogen and oxygen atoms in total. The van der Waals surface area contributed by atoms with Crippen LogP contribution in [0.3, 0.4) is 0 Å². The number of nitro groups is 1. The third-order valence-corrected chi connectivity index (χ3v) is 2.79. The number of aryl methyl sites for hydroxylation is 1. The number of nitrogens with zero attached hydrogens (tertiary/aromatic N) is 4. The average molecular weight is 282 g/mol. The van der Waals surface area contributed by atoms with Crippen molar-refractivity contribution < 1.29 is 4.92 Å². The van der Waals surface area contributed by atoms with Gasteiger partial charge in [-0.25, -0.2) is 4.98 Å². The Hall–Kier alpha value is -1.99. The fraction of sp³-hybridized carbons (Fsp3) is 0.273. The SMILES string of the molecule is Cn1cnc(CNCc2ccc(Cl)c([N+](=O)[O-])c2)n1. The van der Waals surface area contributed by atoms with Gasteiger partial charge >= 0.3 is 0 Å². The molecule has 8 heteroatoms. The van der Waals surface area contributed by atoms with Crippen molar-refractivity contribution in [2.75, 3.05) is 0 Å². The summed E-state index contributed by atoms with van der Waals surface area (Å²) in [7, 11) is 1.79. The van der Waals surface area contributed by atoms with E-state index in [4.69, 9.17) is 11.6 Å². The Balaban J connectivity index is 1.96. The van der Waals surface area contributed by atoms with E-state index in [1.807, 2.05) is 0 Å². The summed E-state index contributed by atoms with van der Waals surface area (Å²) in [6.45, 7) is 0.980. The van der Waals surface area contributed by atoms with Crippen molar-refractivity contribution in [3.63, 3.8) is 0 Å². The summed E-state index contributed by atoms with van der Waals surface area (Å²) in [5.41, 5.74) is 0.698. The summed E-state index contributed by atoms with van der Waals surface area (Å²) in [4.78, 5) is 14.3. The Morgan fingerprint density at radius 3 is 2.89 bits per heavy atom. The van der Waals surface area contributed by atoms with E-state index in [2.05, 4.69) is 15.4 Å². The van der Waals surface area contributed by atoms with Crippen molar-refractivity contribution >= 4 is 17.3 Å². The van der Waals surface area contributed by atoms with E-state index in [-0.39, 0.29) is 10.7 Å². The minimum atomic E-state index is -0.494. The molecule has 1 N–H and O–H groups in total. The van der Waals surface area contributed by atoms with Crippen LogP contribution in [0, 0.1) is 10.1 Å². The number of benzene rings is 1. The number of aromatic nitrogens is 3. The van der Waals surface area contributed by atoms with Crippen molar-refractivity contribution in [2.45, 2.75) is 13.1 Å². The minimum absolute atomic E-state index is 0.0862. The van der Waals surface area contributed by atoms with Gasteiger partial charge in [0.15, 0.2) is 5.82 Å². The first-order valence-corrected chi connectivity index (χ1v) is 5.92. The molecule has 19 heavy (non-hydrogen) atoms. The van der Waals surface area contributed by atoms with E-state index in [1.165, 1.54) is 12.1 Å². The van der Waals surface area contributed by atoms with E-state index < -0.39 is 4.92 Å². The monoisotopic (exact) mass is 281 g/mol. The fourth-order valence-electron chi connectivity index (χ4n) is 1.59. The highest BCUT2D eigenvalue weighted by atomic mass is 35.5. The average Bonchev–Trinajstić information content (AvgIpc) is 2.77. The molecule has 0 atom stereocenters. The highest BCUT2D eigenvalue weighted by Gasteiger charge is 2.12. The highest BCUT2D eigenvalue weighted by molar-refractivity contribution is 6.32. The molecule has 1 aromatic carbocycles. The normalized spacial score (nSPS) is 10.6. The second-order valence-corrected chi connectivity index (χ2v) is 4.39. The number of halogens is 1. The Labute approximate surface area is 114 Å². The van der Waals surface area contributed by atoms with Crippen LogP contribution in [0.2, 0.25) is 5.02 Å². The van der Waals surface area contributed by atoms with Crippen molar-refractivity contribution in [3.8, 4) is 0 Å². The second-order valence-electron chi connectivity index (χ2n) is 3.98. The number of rotatable bonds is 5. The maximum atomic E-state index is 10.7. The molecule has 0 saturated heterocycles. The first-order valence-electron chi connectivity index (χ1n) is 5.54. The van der Waals surface area contributed by atoms with E-state index in [0.717, 1.165) is 5.56 Å². The van der Waals surface area contributed by atoms with E-state index in [1.54, 1.807) is 24.1 Å². The van der Waals surface area contributed by atoms with Gasteiger partial charge in [-0.1, -0.05) is 17.7 Å². The maximum absolute atomic E-state index is 10.7. The van der Waals surface area contributed by atoms with Crippen molar-refractivity contribution in [1.29, 1.82) is 0 Å². The Kier molecular flexibility index (Phi) is 4.08. The largest absolute Gasteiger partial charge is 0.306 e. The fourth-order valence-corrected chi connectivity index (χ4v) is 1.78. The lowest BCUT2D eigenvalue weighted by atomic mass is 10.2. The molecule has 0 aliphatic heterocycles. The van der Waals surface area contributed by atoms with Gasteiger partial charge in [0.2, 0.25) is 0 Å². The predicted molar refractivity (Wildman–Crippen MR) is 69.7 cm³/mol. The smallest absolute Gasteiger partial charge is 0.288 e. The molecule has 0 unspecified atom stereocenters. The summed E-state index contributed by atoms with van der Waals surface area (Å²) in [6.07, 6.45) is 1.62. The molecule has 0 amide bonds. The van der Waals surface area contributed by atoms with Gasteiger partial charge in [-0.15, -0.1) is 0 Å². The third kappa shape index (κ3) is 3.49. The summed E-state index contributed by atoms with van der Waals surface area (Å²) < 4.78 is 1.62. The minimum Gasteiger partial charge on any atom is -0.306 e. The van der Waals surface area contributed by atoms with Gasteiger partial charge in [0.1, 0.15) is 11.3 Å². The van der Waals surface area contributed by atoms with Gasteiger partial charge < -0.3 is 5.32 Å². The molecular formula is C11H12ClN5O2. The Bertz CT molecular complexity index is 599. The van der Waals surface area contributed by atoms with Gasteiger partial charge in [-0.2, -0.15) is 5.10 Å². The number of nitro benzene ring substituents is 1.